The van der Waals surface area contributed by atoms with Crippen LogP contribution in [0.25, 0.3) is 11.8 Å². The van der Waals surface area contributed by atoms with Gasteiger partial charge in [0.25, 0.3) is 5.91 Å². The number of rotatable bonds is 5. The van der Waals surface area contributed by atoms with Gasteiger partial charge >= 0.3 is 6.18 Å². The molecule has 2 aromatic carbocycles. The smallest absolute Gasteiger partial charge is 0.335 e. The monoisotopic (exact) mass is 497 g/mol. The molecule has 0 aliphatic heterocycles. The molecule has 0 radical (unpaired) electrons. The van der Waals surface area contributed by atoms with E-state index in [1.165, 1.54) is 30.3 Å². The minimum absolute atomic E-state index is 0.236. The molecule has 2 atom stereocenters. The van der Waals surface area contributed by atoms with Gasteiger partial charge in [-0.2, -0.15) is 18.3 Å². The maximum absolute atomic E-state index is 13.7. The number of carbonyl (C=O) groups is 1. The third kappa shape index (κ3) is 4.02. The highest BCUT2D eigenvalue weighted by molar-refractivity contribution is 5.96. The van der Waals surface area contributed by atoms with Gasteiger partial charge in [-0.25, -0.2) is 9.07 Å². The highest BCUT2D eigenvalue weighted by Crippen LogP contribution is 2.52. The second-order valence-electron chi connectivity index (χ2n) is 9.80. The van der Waals surface area contributed by atoms with Gasteiger partial charge in [-0.05, 0) is 73.7 Å². The Labute approximate surface area is 207 Å². The molecule has 0 saturated heterocycles. The van der Waals surface area contributed by atoms with Crippen LogP contribution in [0.15, 0.2) is 60.3 Å². The van der Waals surface area contributed by atoms with E-state index in [9.17, 15) is 22.4 Å². The van der Waals surface area contributed by atoms with Gasteiger partial charge < -0.3 is 4.90 Å². The van der Waals surface area contributed by atoms with E-state index in [0.29, 0.717) is 25.8 Å². The van der Waals surface area contributed by atoms with Crippen LogP contribution in [-0.4, -0.2) is 33.2 Å². The third-order valence-electron chi connectivity index (χ3n) is 7.55. The zero-order chi connectivity index (χ0) is 25.7. The van der Waals surface area contributed by atoms with E-state index >= 15 is 0 Å². The van der Waals surface area contributed by atoms with Gasteiger partial charge in [-0.1, -0.05) is 31.6 Å². The summed E-state index contributed by atoms with van der Waals surface area (Å²) in [7, 11) is 0. The number of alkyl halides is 3. The van der Waals surface area contributed by atoms with Crippen LogP contribution >= 0.6 is 0 Å². The highest BCUT2D eigenvalue weighted by atomic mass is 19.4. The number of carbonyl (C=O) groups excluding carboxylic acids is 1. The molecule has 8 heteroatoms. The Hall–Kier alpha value is -3.42. The van der Waals surface area contributed by atoms with E-state index in [1.807, 2.05) is 6.92 Å². The Kier molecular flexibility index (Phi) is 6.01. The zero-order valence-corrected chi connectivity index (χ0v) is 20.1. The minimum atomic E-state index is -4.61. The molecule has 5 rings (SSSR count). The summed E-state index contributed by atoms with van der Waals surface area (Å²) in [5.41, 5.74) is 2.20. The van der Waals surface area contributed by atoms with E-state index in [-0.39, 0.29) is 17.4 Å². The van der Waals surface area contributed by atoms with Crippen molar-refractivity contribution in [3.8, 4) is 5.69 Å². The molecule has 0 N–H and O–H groups in total. The molecule has 1 heterocycles. The van der Waals surface area contributed by atoms with Crippen LogP contribution in [0.3, 0.4) is 0 Å². The molecule has 2 aliphatic carbocycles. The van der Waals surface area contributed by atoms with E-state index < -0.39 is 23.1 Å². The molecule has 188 valence electrons. The summed E-state index contributed by atoms with van der Waals surface area (Å²) in [5, 5.41) is 4.53. The Balaban J connectivity index is 1.50. The van der Waals surface area contributed by atoms with Crippen LogP contribution in [0.2, 0.25) is 0 Å². The first-order valence-electron chi connectivity index (χ1n) is 12.1. The van der Waals surface area contributed by atoms with E-state index in [4.69, 9.17) is 0 Å². The first-order chi connectivity index (χ1) is 17.1. The number of aromatic nitrogens is 2. The number of halogens is 4. The van der Waals surface area contributed by atoms with Crippen LogP contribution in [0.4, 0.5) is 17.6 Å². The van der Waals surface area contributed by atoms with Crippen LogP contribution in [0, 0.1) is 11.2 Å². The molecule has 1 fully saturated rings. The molecular formula is C28H27F4N3O. The number of fused-ring (bicyclic) bond motifs is 2. The fraction of sp³-hybridized carbons (Fsp3) is 0.357. The number of amides is 1. The summed E-state index contributed by atoms with van der Waals surface area (Å²) in [5.74, 6) is -0.901. The second kappa shape index (κ2) is 8.91. The van der Waals surface area contributed by atoms with Crippen molar-refractivity contribution in [3.05, 3.63) is 88.5 Å². The van der Waals surface area contributed by atoms with Crippen molar-refractivity contribution in [2.45, 2.75) is 51.7 Å². The lowest BCUT2D eigenvalue weighted by Crippen LogP contribution is -2.49. The van der Waals surface area contributed by atoms with Crippen LogP contribution in [0.5, 0.6) is 0 Å². The molecule has 1 unspecified atom stereocenters. The van der Waals surface area contributed by atoms with E-state index in [1.54, 1.807) is 27.9 Å². The van der Waals surface area contributed by atoms with Gasteiger partial charge in [0, 0.05) is 18.0 Å². The summed E-state index contributed by atoms with van der Waals surface area (Å²) < 4.78 is 56.3. The van der Waals surface area contributed by atoms with Crippen LogP contribution in [0.1, 0.15) is 60.3 Å². The van der Waals surface area contributed by atoms with Crippen molar-refractivity contribution < 1.29 is 22.4 Å². The first-order valence-corrected chi connectivity index (χ1v) is 12.1. The van der Waals surface area contributed by atoms with Crippen molar-refractivity contribution in [3.63, 3.8) is 0 Å². The lowest BCUT2D eigenvalue weighted by atomic mass is 9.72. The van der Waals surface area contributed by atoms with Gasteiger partial charge in [-0.15, -0.1) is 0 Å². The molecule has 3 aromatic rings. The SMILES string of the molecule is CCCN(C(=O)c1ccccc1C(F)(F)F)[C@H]1CCC2=Cc3c(cnn3-c3ccc(F)cc3)CC21C. The quantitative estimate of drug-likeness (QED) is 0.369. The normalized spacial score (nSPS) is 21.1. The number of hydrogen-bond donors (Lipinski definition) is 0. The van der Waals surface area contributed by atoms with Crippen LogP contribution < -0.4 is 0 Å². The number of hydrogen-bond acceptors (Lipinski definition) is 2. The minimum Gasteiger partial charge on any atom is -0.335 e. The molecule has 2 aliphatic rings. The summed E-state index contributed by atoms with van der Waals surface area (Å²) in [4.78, 5) is 15.3. The molecule has 0 spiro atoms. The Morgan fingerprint density at radius 3 is 2.58 bits per heavy atom. The predicted molar refractivity (Wildman–Crippen MR) is 129 cm³/mol. The molecule has 0 bridgehead atoms. The number of nitrogens with zero attached hydrogens (tertiary/aromatic N) is 3. The van der Waals surface area contributed by atoms with Crippen molar-refractivity contribution in [1.29, 1.82) is 0 Å². The summed E-state index contributed by atoms with van der Waals surface area (Å²) in [6, 6.07) is 10.9. The van der Waals surface area contributed by atoms with Gasteiger partial charge in [0.2, 0.25) is 0 Å². The Morgan fingerprint density at radius 2 is 1.89 bits per heavy atom. The lowest BCUT2D eigenvalue weighted by molar-refractivity contribution is -0.138. The topological polar surface area (TPSA) is 38.1 Å². The van der Waals surface area contributed by atoms with Crippen molar-refractivity contribution in [2.75, 3.05) is 6.54 Å². The van der Waals surface area contributed by atoms with E-state index in [0.717, 1.165) is 35.0 Å². The lowest BCUT2D eigenvalue weighted by Gasteiger charge is -2.42. The molecule has 36 heavy (non-hydrogen) atoms. The summed E-state index contributed by atoms with van der Waals surface area (Å²) in [6.45, 7) is 4.40. The Morgan fingerprint density at radius 1 is 1.17 bits per heavy atom. The number of benzene rings is 2. The first kappa shape index (κ1) is 24.3. The standard InChI is InChI=1S/C28H27F4N3O/c1-3-14-34(26(36)22-6-4-5-7-23(22)28(30,31)32)25-13-8-19-15-24-18(16-27(19,25)2)17-33-35(24)21-11-9-20(29)10-12-21/h4-7,9-12,15,17,25H,3,8,13-14,16H2,1-2H3/t25-,27?/m0/s1. The van der Waals surface area contributed by atoms with Crippen LogP contribution in [-0.2, 0) is 12.6 Å². The molecular weight excluding hydrogens is 470 g/mol. The zero-order valence-electron chi connectivity index (χ0n) is 20.1. The second-order valence-corrected chi connectivity index (χ2v) is 9.80. The summed E-state index contributed by atoms with van der Waals surface area (Å²) >= 11 is 0. The average molecular weight is 498 g/mol. The van der Waals surface area contributed by atoms with Crippen molar-refractivity contribution in [1.82, 2.24) is 14.7 Å². The van der Waals surface area contributed by atoms with Gasteiger partial charge in [0.1, 0.15) is 5.82 Å². The third-order valence-corrected chi connectivity index (χ3v) is 7.55. The average Bonchev–Trinajstić information content (AvgIpc) is 3.40. The molecule has 1 amide bonds. The van der Waals surface area contributed by atoms with E-state index in [2.05, 4.69) is 18.1 Å². The largest absolute Gasteiger partial charge is 0.417 e. The molecule has 1 saturated carbocycles. The summed E-state index contributed by atoms with van der Waals surface area (Å²) in [6.07, 6.45) is 1.95. The highest BCUT2D eigenvalue weighted by Gasteiger charge is 2.49. The van der Waals surface area contributed by atoms with Gasteiger partial charge in [0.05, 0.1) is 28.7 Å². The molecule has 1 aromatic heterocycles. The van der Waals surface area contributed by atoms with Crippen molar-refractivity contribution >= 4 is 12.0 Å². The fourth-order valence-electron chi connectivity index (χ4n) is 5.82. The van der Waals surface area contributed by atoms with Gasteiger partial charge in [-0.3, -0.25) is 4.79 Å². The fourth-order valence-corrected chi connectivity index (χ4v) is 5.82. The van der Waals surface area contributed by atoms with Crippen molar-refractivity contribution in [2.24, 2.45) is 5.41 Å². The Bertz CT molecular complexity index is 1330. The molecule has 4 nitrogen and oxygen atoms in total. The predicted octanol–water partition coefficient (Wildman–Crippen LogP) is 6.69. The maximum Gasteiger partial charge on any atom is 0.417 e. The maximum atomic E-state index is 13.7. The van der Waals surface area contributed by atoms with Gasteiger partial charge in [0.15, 0.2) is 0 Å².